The second kappa shape index (κ2) is 4.97. The molecule has 0 spiro atoms. The van der Waals surface area contributed by atoms with Crippen molar-refractivity contribution in [3.8, 4) is 0 Å². The van der Waals surface area contributed by atoms with Gasteiger partial charge in [0.15, 0.2) is 11.5 Å². The van der Waals surface area contributed by atoms with Crippen molar-refractivity contribution >= 4 is 5.78 Å². The van der Waals surface area contributed by atoms with Crippen molar-refractivity contribution in [3.63, 3.8) is 0 Å². The van der Waals surface area contributed by atoms with Crippen LogP contribution in [0, 0.1) is 0 Å². The summed E-state index contributed by atoms with van der Waals surface area (Å²) in [5.74, 6) is 0.717. The summed E-state index contributed by atoms with van der Waals surface area (Å²) in [6, 6.07) is 5.46. The summed E-state index contributed by atoms with van der Waals surface area (Å²) in [7, 11) is 1.60. The van der Waals surface area contributed by atoms with Crippen molar-refractivity contribution in [3.05, 3.63) is 41.5 Å². The molecule has 0 aliphatic heterocycles. The predicted molar refractivity (Wildman–Crippen MR) is 60.8 cm³/mol. The van der Waals surface area contributed by atoms with Crippen LogP contribution in [0.5, 0.6) is 0 Å². The largest absolute Gasteiger partial charge is 0.377 e. The molecule has 0 N–H and O–H groups in total. The van der Waals surface area contributed by atoms with Gasteiger partial charge in [-0.2, -0.15) is 0 Å². The van der Waals surface area contributed by atoms with Gasteiger partial charge in [-0.25, -0.2) is 0 Å². The fraction of sp³-hybridized carbons (Fsp3) is 0.333. The van der Waals surface area contributed by atoms with Gasteiger partial charge >= 0.3 is 0 Å². The van der Waals surface area contributed by atoms with Gasteiger partial charge in [0, 0.05) is 26.3 Å². The molecule has 17 heavy (non-hydrogen) atoms. The average molecular weight is 234 g/mol. The smallest absolute Gasteiger partial charge is 0.176 e. The highest BCUT2D eigenvalue weighted by atomic mass is 16.5. The number of Topliss-reactive ketones (excluding diaryl/α,β-unsaturated/α-hetero) is 1. The fourth-order valence-corrected chi connectivity index (χ4v) is 1.69. The van der Waals surface area contributed by atoms with Crippen LogP contribution in [0.25, 0.3) is 0 Å². The van der Waals surface area contributed by atoms with E-state index in [1.807, 2.05) is 22.9 Å². The summed E-state index contributed by atoms with van der Waals surface area (Å²) in [6.45, 7) is 2.47. The van der Waals surface area contributed by atoms with E-state index < -0.39 is 0 Å². The van der Waals surface area contributed by atoms with Crippen molar-refractivity contribution in [1.82, 2.24) is 9.72 Å². The Kier molecular flexibility index (Phi) is 3.39. The number of aromatic nitrogens is 2. The van der Waals surface area contributed by atoms with Gasteiger partial charge in [0.05, 0.1) is 12.2 Å². The minimum atomic E-state index is 0.0376. The van der Waals surface area contributed by atoms with E-state index in [1.54, 1.807) is 20.1 Å². The number of hydrogen-bond donors (Lipinski definition) is 0. The maximum Gasteiger partial charge on any atom is 0.176 e. The molecule has 2 aromatic rings. The Morgan fingerprint density at radius 1 is 1.59 bits per heavy atom. The maximum atomic E-state index is 11.3. The van der Waals surface area contributed by atoms with E-state index in [4.69, 9.17) is 9.26 Å². The summed E-state index contributed by atoms with van der Waals surface area (Å²) in [5.41, 5.74) is 1.44. The summed E-state index contributed by atoms with van der Waals surface area (Å²) in [5, 5.41) is 3.92. The van der Waals surface area contributed by atoms with Crippen molar-refractivity contribution in [2.45, 2.75) is 20.1 Å². The number of nitrogens with zero attached hydrogens (tertiary/aromatic N) is 2. The average Bonchev–Trinajstić information content (AvgIpc) is 2.89. The molecular weight excluding hydrogens is 220 g/mol. The molecule has 0 unspecified atom stereocenters. The van der Waals surface area contributed by atoms with Crippen molar-refractivity contribution in [2.24, 2.45) is 0 Å². The molecule has 0 aliphatic rings. The van der Waals surface area contributed by atoms with Crippen LogP contribution >= 0.6 is 0 Å². The Morgan fingerprint density at radius 2 is 2.41 bits per heavy atom. The molecule has 5 heteroatoms. The Hall–Kier alpha value is -1.88. The molecule has 2 rings (SSSR count). The van der Waals surface area contributed by atoms with Gasteiger partial charge in [0.25, 0.3) is 0 Å². The summed E-state index contributed by atoms with van der Waals surface area (Å²) in [6.07, 6.45) is 1.85. The minimum Gasteiger partial charge on any atom is -0.377 e. The zero-order valence-corrected chi connectivity index (χ0v) is 9.84. The van der Waals surface area contributed by atoms with E-state index in [9.17, 15) is 4.79 Å². The number of ether oxygens (including phenoxy) is 1. The number of carbonyl (C=O) groups excluding carboxylic acids is 1. The maximum absolute atomic E-state index is 11.3. The lowest BCUT2D eigenvalue weighted by Gasteiger charge is -2.03. The van der Waals surface area contributed by atoms with Gasteiger partial charge in [0.2, 0.25) is 0 Å². The van der Waals surface area contributed by atoms with Gasteiger partial charge in [-0.15, -0.1) is 0 Å². The number of hydrogen-bond acceptors (Lipinski definition) is 4. The molecule has 0 atom stereocenters. The number of ketones is 1. The second-order valence-corrected chi connectivity index (χ2v) is 3.80. The van der Waals surface area contributed by atoms with Gasteiger partial charge < -0.3 is 13.8 Å². The zero-order valence-electron chi connectivity index (χ0n) is 9.84. The van der Waals surface area contributed by atoms with Crippen LogP contribution in [0.15, 0.2) is 28.9 Å². The molecule has 0 bridgehead atoms. The van der Waals surface area contributed by atoms with E-state index in [2.05, 4.69) is 5.16 Å². The molecule has 0 saturated carbocycles. The first-order valence-electron chi connectivity index (χ1n) is 5.30. The Bertz CT molecular complexity index is 513. The zero-order chi connectivity index (χ0) is 12.3. The summed E-state index contributed by atoms with van der Waals surface area (Å²) < 4.78 is 11.9. The molecule has 0 aliphatic carbocycles. The number of rotatable bonds is 5. The molecule has 0 aromatic carbocycles. The Labute approximate surface area is 99.0 Å². The molecule has 0 radical (unpaired) electrons. The highest BCUT2D eigenvalue weighted by molar-refractivity contribution is 5.92. The first-order valence-corrected chi connectivity index (χ1v) is 5.30. The van der Waals surface area contributed by atoms with Crippen LogP contribution in [0.1, 0.15) is 28.9 Å². The van der Waals surface area contributed by atoms with Crippen LogP contribution in [0.4, 0.5) is 0 Å². The third-order valence-corrected chi connectivity index (χ3v) is 2.42. The Balaban J connectivity index is 2.14. The highest BCUT2D eigenvalue weighted by Crippen LogP contribution is 2.10. The monoisotopic (exact) mass is 234 g/mol. The minimum absolute atomic E-state index is 0.0376. The third-order valence-electron chi connectivity index (χ3n) is 2.42. The molecule has 90 valence electrons. The van der Waals surface area contributed by atoms with Crippen LogP contribution in [0.2, 0.25) is 0 Å². The molecule has 0 fully saturated rings. The molecular formula is C12H14N2O3. The quantitative estimate of drug-likeness (QED) is 0.741. The highest BCUT2D eigenvalue weighted by Gasteiger charge is 2.09. The third kappa shape index (κ3) is 2.62. The van der Waals surface area contributed by atoms with Crippen LogP contribution in [-0.4, -0.2) is 22.6 Å². The van der Waals surface area contributed by atoms with Gasteiger partial charge in [-0.1, -0.05) is 5.16 Å². The van der Waals surface area contributed by atoms with E-state index in [-0.39, 0.29) is 5.78 Å². The van der Waals surface area contributed by atoms with Gasteiger partial charge in [-0.3, -0.25) is 4.79 Å². The molecule has 0 amide bonds. The van der Waals surface area contributed by atoms with E-state index in [1.165, 1.54) is 0 Å². The van der Waals surface area contributed by atoms with E-state index in [0.717, 1.165) is 5.69 Å². The normalized spacial score (nSPS) is 10.7. The van der Waals surface area contributed by atoms with E-state index in [0.29, 0.717) is 24.6 Å². The summed E-state index contributed by atoms with van der Waals surface area (Å²) >= 11 is 0. The van der Waals surface area contributed by atoms with Gasteiger partial charge in [0.1, 0.15) is 12.3 Å². The Morgan fingerprint density at radius 3 is 3.12 bits per heavy atom. The lowest BCUT2D eigenvalue weighted by Crippen LogP contribution is -2.06. The van der Waals surface area contributed by atoms with Crippen LogP contribution < -0.4 is 0 Å². The van der Waals surface area contributed by atoms with Crippen molar-refractivity contribution < 1.29 is 14.1 Å². The summed E-state index contributed by atoms with van der Waals surface area (Å²) in [4.78, 5) is 11.3. The second-order valence-electron chi connectivity index (χ2n) is 3.80. The number of carbonyl (C=O) groups is 1. The van der Waals surface area contributed by atoms with Crippen LogP contribution in [0.3, 0.4) is 0 Å². The molecule has 0 saturated heterocycles. The number of methoxy groups -OCH3 is 1. The first kappa shape index (κ1) is 11.6. The lowest BCUT2D eigenvalue weighted by molar-refractivity contribution is 0.100. The van der Waals surface area contributed by atoms with E-state index >= 15 is 0 Å². The molecule has 2 heterocycles. The molecule has 5 nitrogen and oxygen atoms in total. The van der Waals surface area contributed by atoms with Crippen LogP contribution in [-0.2, 0) is 17.9 Å². The predicted octanol–water partition coefficient (Wildman–Crippen LogP) is 1.87. The fourth-order valence-electron chi connectivity index (χ4n) is 1.69. The standard InChI is InChI=1S/C12H14N2O3/c1-9(15)12-4-3-5-14(12)7-10-6-11(8-16-2)17-13-10/h3-6H,7-8H2,1-2H3. The lowest BCUT2D eigenvalue weighted by atomic mass is 10.3. The molecule has 2 aromatic heterocycles. The van der Waals surface area contributed by atoms with Gasteiger partial charge in [-0.05, 0) is 12.1 Å². The first-order chi connectivity index (χ1) is 8.20. The van der Waals surface area contributed by atoms with Crippen molar-refractivity contribution in [2.75, 3.05) is 7.11 Å². The van der Waals surface area contributed by atoms with Crippen molar-refractivity contribution in [1.29, 1.82) is 0 Å². The SMILES string of the molecule is COCc1cc(Cn2cccc2C(C)=O)no1. The topological polar surface area (TPSA) is 57.3 Å².